The molecule has 0 aliphatic carbocycles. The van der Waals surface area contributed by atoms with Crippen LogP contribution in [0.1, 0.15) is 22.3 Å². The van der Waals surface area contributed by atoms with Crippen LogP contribution in [0.25, 0.3) is 0 Å². The van der Waals surface area contributed by atoms with Gasteiger partial charge in [0.05, 0.1) is 11.1 Å². The van der Waals surface area contributed by atoms with Crippen LogP contribution in [-0.4, -0.2) is 0 Å². The maximum Gasteiger partial charge on any atom is 0.419 e. The van der Waals surface area contributed by atoms with E-state index >= 15 is 0 Å². The van der Waals surface area contributed by atoms with E-state index in [1.54, 1.807) is 0 Å². The molecule has 0 aromatic heterocycles. The van der Waals surface area contributed by atoms with Crippen LogP contribution < -0.4 is 5.32 Å². The first kappa shape index (κ1) is 19.2. The van der Waals surface area contributed by atoms with Gasteiger partial charge in [-0.1, -0.05) is 12.1 Å². The summed E-state index contributed by atoms with van der Waals surface area (Å²) >= 11 is 0. The molecule has 0 bridgehead atoms. The van der Waals surface area contributed by atoms with Gasteiger partial charge in [-0.2, -0.15) is 26.3 Å². The van der Waals surface area contributed by atoms with Crippen LogP contribution in [0.4, 0.5) is 35.1 Å². The lowest BCUT2D eigenvalue weighted by Crippen LogP contribution is -2.15. The van der Waals surface area contributed by atoms with Crippen molar-refractivity contribution in [3.63, 3.8) is 0 Å². The summed E-state index contributed by atoms with van der Waals surface area (Å²) in [5.41, 5.74) is -2.36. The average molecular weight is 369 g/mol. The van der Waals surface area contributed by atoms with Crippen LogP contribution in [-0.2, 0) is 25.4 Å². The molecule has 9 heteroatoms. The topological polar surface area (TPSA) is 12.0 Å². The second-order valence-electron chi connectivity index (χ2n) is 5.23. The Morgan fingerprint density at radius 2 is 1.00 bits per heavy atom. The number of halogens is 8. The highest BCUT2D eigenvalue weighted by atomic mass is 19.4. The van der Waals surface area contributed by atoms with E-state index in [0.29, 0.717) is 24.3 Å². The van der Waals surface area contributed by atoms with Gasteiger partial charge in [0.25, 0.3) is 0 Å². The smallest absolute Gasteiger partial charge is 0.309 e. The molecule has 0 aliphatic heterocycles. The van der Waals surface area contributed by atoms with E-state index in [4.69, 9.17) is 0 Å². The third-order valence-electron chi connectivity index (χ3n) is 3.34. The summed E-state index contributed by atoms with van der Waals surface area (Å²) in [6.45, 7) is -0.0879. The fourth-order valence-electron chi connectivity index (χ4n) is 2.15. The predicted molar refractivity (Wildman–Crippen MR) is 73.3 cm³/mol. The maximum atomic E-state index is 13.4. The normalized spacial score (nSPS) is 12.5. The Morgan fingerprint density at radius 1 is 0.640 bits per heavy atom. The van der Waals surface area contributed by atoms with Crippen LogP contribution in [0.15, 0.2) is 36.4 Å². The predicted octanol–water partition coefficient (Wildman–Crippen LogP) is 5.29. The zero-order valence-electron chi connectivity index (χ0n) is 12.4. The number of alkyl halides is 6. The van der Waals surface area contributed by atoms with E-state index < -0.39 is 35.1 Å². The van der Waals surface area contributed by atoms with E-state index in [1.807, 2.05) is 0 Å². The Bertz CT molecular complexity index is 685. The monoisotopic (exact) mass is 369 g/mol. The van der Waals surface area contributed by atoms with Crippen LogP contribution in [0.2, 0.25) is 0 Å². The minimum Gasteiger partial charge on any atom is -0.309 e. The molecule has 25 heavy (non-hydrogen) atoms. The molecule has 0 fully saturated rings. The molecule has 2 aromatic rings. The lowest BCUT2D eigenvalue weighted by molar-refractivity contribution is -0.140. The molecular formula is C16H11F8N. The zero-order valence-corrected chi connectivity index (χ0v) is 12.4. The van der Waals surface area contributed by atoms with Gasteiger partial charge < -0.3 is 5.32 Å². The SMILES string of the molecule is Fc1cc(CNCc2ccc(C(F)(F)F)c(F)c2)ccc1C(F)(F)F. The summed E-state index contributed by atoms with van der Waals surface area (Å²) in [6.07, 6.45) is -9.60. The molecule has 0 atom stereocenters. The third kappa shape index (κ3) is 4.91. The summed E-state index contributed by atoms with van der Waals surface area (Å²) in [7, 11) is 0. The standard InChI is InChI=1S/C16H11F8N/c17-13-5-9(1-3-11(13)15(19,20)21)7-25-8-10-2-4-12(14(18)6-10)16(22,23)24/h1-6,25H,7-8H2. The highest BCUT2D eigenvalue weighted by Crippen LogP contribution is 2.32. The molecule has 0 heterocycles. The van der Waals surface area contributed by atoms with E-state index in [2.05, 4.69) is 5.32 Å². The summed E-state index contributed by atoms with van der Waals surface area (Å²) in [5, 5.41) is 2.69. The molecule has 2 rings (SSSR count). The molecule has 0 spiro atoms. The van der Waals surface area contributed by atoms with Gasteiger partial charge in [-0.05, 0) is 35.4 Å². The first-order valence-corrected chi connectivity index (χ1v) is 6.90. The van der Waals surface area contributed by atoms with Crippen molar-refractivity contribution in [2.45, 2.75) is 25.4 Å². The molecule has 1 nitrogen and oxygen atoms in total. The molecule has 1 N–H and O–H groups in total. The minimum atomic E-state index is -4.80. The second-order valence-corrected chi connectivity index (χ2v) is 5.23. The molecule has 0 saturated heterocycles. The lowest BCUT2D eigenvalue weighted by atomic mass is 10.1. The van der Waals surface area contributed by atoms with Crippen LogP contribution in [0.3, 0.4) is 0 Å². The number of hydrogen-bond acceptors (Lipinski definition) is 1. The van der Waals surface area contributed by atoms with Gasteiger partial charge in [0, 0.05) is 13.1 Å². The van der Waals surface area contributed by atoms with Crippen molar-refractivity contribution < 1.29 is 35.1 Å². The van der Waals surface area contributed by atoms with Crippen molar-refractivity contribution in [2.24, 2.45) is 0 Å². The van der Waals surface area contributed by atoms with E-state index in [-0.39, 0.29) is 24.2 Å². The molecule has 0 radical (unpaired) electrons. The molecule has 2 aromatic carbocycles. The quantitative estimate of drug-likeness (QED) is 0.722. The highest BCUT2D eigenvalue weighted by molar-refractivity contribution is 5.28. The number of benzene rings is 2. The first-order chi connectivity index (χ1) is 11.5. The van der Waals surface area contributed by atoms with Crippen molar-refractivity contribution in [2.75, 3.05) is 0 Å². The Balaban J connectivity index is 1.99. The fourth-order valence-corrected chi connectivity index (χ4v) is 2.15. The van der Waals surface area contributed by atoms with Gasteiger partial charge in [-0.25, -0.2) is 8.78 Å². The Kier molecular flexibility index (Phi) is 5.36. The number of nitrogens with one attached hydrogen (secondary N) is 1. The summed E-state index contributed by atoms with van der Waals surface area (Å²) in [4.78, 5) is 0. The summed E-state index contributed by atoms with van der Waals surface area (Å²) in [5.74, 6) is -2.85. The van der Waals surface area contributed by atoms with E-state index in [0.717, 1.165) is 12.1 Å². The van der Waals surface area contributed by atoms with Gasteiger partial charge in [0.1, 0.15) is 11.6 Å². The molecule has 136 valence electrons. The highest BCUT2D eigenvalue weighted by Gasteiger charge is 2.34. The van der Waals surface area contributed by atoms with E-state index in [9.17, 15) is 35.1 Å². The van der Waals surface area contributed by atoms with Gasteiger partial charge in [-0.15, -0.1) is 0 Å². The molecule has 0 saturated carbocycles. The van der Waals surface area contributed by atoms with Crippen LogP contribution >= 0.6 is 0 Å². The number of hydrogen-bond donors (Lipinski definition) is 1. The van der Waals surface area contributed by atoms with Crippen molar-refractivity contribution in [1.82, 2.24) is 5.32 Å². The molecule has 0 aliphatic rings. The second kappa shape index (κ2) is 6.99. The van der Waals surface area contributed by atoms with Gasteiger partial charge in [-0.3, -0.25) is 0 Å². The third-order valence-corrected chi connectivity index (χ3v) is 3.34. The van der Waals surface area contributed by atoms with E-state index in [1.165, 1.54) is 0 Å². The Hall–Kier alpha value is -2.16. The fraction of sp³-hybridized carbons (Fsp3) is 0.250. The largest absolute Gasteiger partial charge is 0.419 e. The summed E-state index contributed by atoms with van der Waals surface area (Å²) < 4.78 is 101. The molecule has 0 amide bonds. The van der Waals surface area contributed by atoms with Crippen molar-refractivity contribution in [1.29, 1.82) is 0 Å². The van der Waals surface area contributed by atoms with Gasteiger partial charge in [0.15, 0.2) is 0 Å². The molecular weight excluding hydrogens is 358 g/mol. The van der Waals surface area contributed by atoms with Crippen LogP contribution in [0, 0.1) is 11.6 Å². The van der Waals surface area contributed by atoms with Crippen molar-refractivity contribution >= 4 is 0 Å². The van der Waals surface area contributed by atoms with Crippen molar-refractivity contribution in [3.05, 3.63) is 70.3 Å². The van der Waals surface area contributed by atoms with Gasteiger partial charge in [0.2, 0.25) is 0 Å². The minimum absolute atomic E-state index is 0.0439. The Morgan fingerprint density at radius 3 is 1.28 bits per heavy atom. The lowest BCUT2D eigenvalue weighted by Gasteiger charge is -2.11. The zero-order chi connectivity index (χ0) is 18.8. The number of rotatable bonds is 4. The molecule has 0 unspecified atom stereocenters. The average Bonchev–Trinajstić information content (AvgIpc) is 2.44. The van der Waals surface area contributed by atoms with Crippen LogP contribution in [0.5, 0.6) is 0 Å². The van der Waals surface area contributed by atoms with Gasteiger partial charge >= 0.3 is 12.4 Å². The first-order valence-electron chi connectivity index (χ1n) is 6.90. The van der Waals surface area contributed by atoms with Crippen molar-refractivity contribution in [3.8, 4) is 0 Å². The summed E-state index contributed by atoms with van der Waals surface area (Å²) in [6, 6.07) is 4.78. The maximum absolute atomic E-state index is 13.4. The Labute approximate surface area is 137 Å².